The summed E-state index contributed by atoms with van der Waals surface area (Å²) in [5.74, 6) is -2.60. The minimum atomic E-state index is -1.34. The van der Waals surface area contributed by atoms with Crippen LogP contribution >= 0.6 is 15.9 Å². The number of aromatic carboxylic acids is 2. The molecule has 2 atom stereocenters. The van der Waals surface area contributed by atoms with Crippen molar-refractivity contribution in [3.05, 3.63) is 34.9 Å². The molecular weight excluding hydrogens is 320 g/mol. The maximum Gasteiger partial charge on any atom is 0.335 e. The smallest absolute Gasteiger partial charge is 0.335 e. The van der Waals surface area contributed by atoms with Crippen molar-refractivity contribution in [1.82, 2.24) is 0 Å². The van der Waals surface area contributed by atoms with Crippen molar-refractivity contribution < 1.29 is 30.0 Å². The normalized spacial score (nSPS) is 13.8. The van der Waals surface area contributed by atoms with Crippen molar-refractivity contribution in [3.8, 4) is 0 Å². The summed E-state index contributed by atoms with van der Waals surface area (Å²) < 4.78 is 0. The lowest BCUT2D eigenvalue weighted by Crippen LogP contribution is -2.19. The van der Waals surface area contributed by atoms with Crippen LogP contribution in [0, 0.1) is 0 Å². The highest BCUT2D eigenvalue weighted by Gasteiger charge is 2.21. The Labute approximate surface area is 117 Å². The number of aliphatic hydroxyl groups excluding tert-OH is 2. The Balaban J connectivity index is 3.19. The van der Waals surface area contributed by atoms with Crippen molar-refractivity contribution in [1.29, 1.82) is 0 Å². The zero-order valence-electron chi connectivity index (χ0n) is 9.78. The van der Waals surface area contributed by atoms with Gasteiger partial charge in [0.1, 0.15) is 6.10 Å². The molecule has 104 valence electrons. The molecule has 0 amide bonds. The summed E-state index contributed by atoms with van der Waals surface area (Å²) in [6.07, 6.45) is -2.19. The number of hydrogen-bond donors (Lipinski definition) is 4. The molecule has 1 aromatic rings. The lowest BCUT2D eigenvalue weighted by atomic mass is 9.98. The minimum Gasteiger partial charge on any atom is -0.478 e. The second-order valence-corrected chi connectivity index (χ2v) is 4.74. The summed E-state index contributed by atoms with van der Waals surface area (Å²) in [6, 6.07) is 3.30. The molecule has 2 unspecified atom stereocenters. The molecule has 0 aromatic heterocycles. The van der Waals surface area contributed by atoms with Crippen LogP contribution in [0.4, 0.5) is 0 Å². The third-order valence-electron chi connectivity index (χ3n) is 2.56. The van der Waals surface area contributed by atoms with Gasteiger partial charge >= 0.3 is 11.9 Å². The molecule has 0 heterocycles. The molecule has 0 aliphatic heterocycles. The number of hydrogen-bond acceptors (Lipinski definition) is 4. The second-order valence-electron chi connectivity index (χ2n) is 3.94. The molecule has 1 rings (SSSR count). The van der Waals surface area contributed by atoms with Crippen LogP contribution < -0.4 is 0 Å². The van der Waals surface area contributed by atoms with Crippen LogP contribution in [-0.4, -0.2) is 43.8 Å². The second kappa shape index (κ2) is 6.65. The van der Waals surface area contributed by atoms with Gasteiger partial charge in [0.25, 0.3) is 0 Å². The van der Waals surface area contributed by atoms with E-state index in [4.69, 9.17) is 10.2 Å². The van der Waals surface area contributed by atoms with Crippen LogP contribution in [0.2, 0.25) is 0 Å². The number of halogens is 1. The third-order valence-corrected chi connectivity index (χ3v) is 3.02. The fourth-order valence-corrected chi connectivity index (χ4v) is 2.03. The van der Waals surface area contributed by atoms with E-state index in [-0.39, 0.29) is 23.1 Å². The van der Waals surface area contributed by atoms with Gasteiger partial charge < -0.3 is 20.4 Å². The fraction of sp³-hybridized carbons (Fsp3) is 0.333. The van der Waals surface area contributed by atoms with Crippen LogP contribution in [0.25, 0.3) is 0 Å². The van der Waals surface area contributed by atoms with E-state index < -0.39 is 24.1 Å². The van der Waals surface area contributed by atoms with Gasteiger partial charge in [0.15, 0.2) is 0 Å². The number of aliphatic hydroxyl groups is 2. The number of carbonyl (C=O) groups is 2. The minimum absolute atomic E-state index is 0.0609. The number of rotatable bonds is 6. The molecule has 0 radical (unpaired) electrons. The molecule has 0 bridgehead atoms. The Morgan fingerprint density at radius 1 is 1.05 bits per heavy atom. The highest BCUT2D eigenvalue weighted by atomic mass is 79.9. The van der Waals surface area contributed by atoms with Gasteiger partial charge in [-0.25, -0.2) is 9.59 Å². The van der Waals surface area contributed by atoms with Crippen LogP contribution in [0.3, 0.4) is 0 Å². The maximum atomic E-state index is 10.9. The monoisotopic (exact) mass is 332 g/mol. The Morgan fingerprint density at radius 2 is 1.53 bits per heavy atom. The Hall–Kier alpha value is -1.44. The molecule has 0 saturated heterocycles. The van der Waals surface area contributed by atoms with Crippen LogP contribution in [-0.2, 0) is 0 Å². The van der Waals surface area contributed by atoms with E-state index in [0.717, 1.165) is 18.2 Å². The van der Waals surface area contributed by atoms with Gasteiger partial charge in [-0.15, -0.1) is 0 Å². The first kappa shape index (κ1) is 15.6. The molecular formula is C12H13BrO6. The number of carboxylic acids is 2. The number of benzene rings is 1. The average molecular weight is 333 g/mol. The molecule has 0 aliphatic rings. The SMILES string of the molecule is O=C(O)c1cc(C(=O)O)cc(C(O)C(O)CCBr)c1. The van der Waals surface area contributed by atoms with Gasteiger partial charge in [-0.2, -0.15) is 0 Å². The van der Waals surface area contributed by atoms with Gasteiger partial charge in [0.2, 0.25) is 0 Å². The molecule has 0 saturated carbocycles. The highest BCUT2D eigenvalue weighted by Crippen LogP contribution is 2.22. The van der Waals surface area contributed by atoms with Crippen molar-refractivity contribution in [3.63, 3.8) is 0 Å². The Kier molecular flexibility index (Phi) is 5.46. The van der Waals surface area contributed by atoms with E-state index in [1.165, 1.54) is 0 Å². The summed E-state index contributed by atoms with van der Waals surface area (Å²) >= 11 is 3.11. The maximum absolute atomic E-state index is 10.9. The van der Waals surface area contributed by atoms with E-state index >= 15 is 0 Å². The highest BCUT2D eigenvalue weighted by molar-refractivity contribution is 9.09. The van der Waals surface area contributed by atoms with Crippen LogP contribution in [0.15, 0.2) is 18.2 Å². The van der Waals surface area contributed by atoms with E-state index in [2.05, 4.69) is 15.9 Å². The molecule has 0 spiro atoms. The quantitative estimate of drug-likeness (QED) is 0.583. The molecule has 7 heteroatoms. The average Bonchev–Trinajstić information content (AvgIpc) is 2.37. The number of alkyl halides is 1. The van der Waals surface area contributed by atoms with E-state index in [1.807, 2.05) is 0 Å². The van der Waals surface area contributed by atoms with Crippen molar-refractivity contribution in [2.24, 2.45) is 0 Å². The molecule has 0 fully saturated rings. The van der Waals surface area contributed by atoms with Crippen molar-refractivity contribution in [2.45, 2.75) is 18.6 Å². The fourth-order valence-electron chi connectivity index (χ4n) is 1.56. The van der Waals surface area contributed by atoms with Gasteiger partial charge in [0.05, 0.1) is 17.2 Å². The third kappa shape index (κ3) is 4.02. The van der Waals surface area contributed by atoms with Crippen molar-refractivity contribution >= 4 is 27.9 Å². The van der Waals surface area contributed by atoms with Gasteiger partial charge in [-0.1, -0.05) is 15.9 Å². The zero-order valence-corrected chi connectivity index (χ0v) is 11.4. The first-order valence-corrected chi connectivity index (χ1v) is 6.52. The molecule has 19 heavy (non-hydrogen) atoms. The van der Waals surface area contributed by atoms with E-state index in [9.17, 15) is 19.8 Å². The van der Waals surface area contributed by atoms with Gasteiger partial charge in [0, 0.05) is 5.33 Å². The van der Waals surface area contributed by atoms with Gasteiger partial charge in [-0.05, 0) is 30.2 Å². The van der Waals surface area contributed by atoms with Crippen LogP contribution in [0.5, 0.6) is 0 Å². The predicted octanol–water partition coefficient (Wildman–Crippen LogP) is 1.26. The van der Waals surface area contributed by atoms with Crippen molar-refractivity contribution in [2.75, 3.05) is 5.33 Å². The molecule has 1 aromatic carbocycles. The zero-order chi connectivity index (χ0) is 14.6. The summed E-state index contributed by atoms with van der Waals surface area (Å²) in [4.78, 5) is 21.8. The topological polar surface area (TPSA) is 115 Å². The Morgan fingerprint density at radius 3 is 1.89 bits per heavy atom. The van der Waals surface area contributed by atoms with Crippen LogP contribution in [0.1, 0.15) is 38.8 Å². The Bertz CT molecular complexity index is 455. The summed E-state index contributed by atoms with van der Waals surface area (Å²) in [5, 5.41) is 37.8. The molecule has 4 N–H and O–H groups in total. The lowest BCUT2D eigenvalue weighted by Gasteiger charge is -2.18. The first-order valence-electron chi connectivity index (χ1n) is 5.40. The summed E-state index contributed by atoms with van der Waals surface area (Å²) in [6.45, 7) is 0. The predicted molar refractivity (Wildman–Crippen MR) is 69.7 cm³/mol. The summed E-state index contributed by atoms with van der Waals surface area (Å²) in [7, 11) is 0. The lowest BCUT2D eigenvalue weighted by molar-refractivity contribution is 0.0172. The van der Waals surface area contributed by atoms with Gasteiger partial charge in [-0.3, -0.25) is 0 Å². The molecule has 6 nitrogen and oxygen atoms in total. The molecule has 0 aliphatic carbocycles. The van der Waals surface area contributed by atoms with E-state index in [1.54, 1.807) is 0 Å². The number of carboxylic acid groups (broad SMARTS) is 2. The summed E-state index contributed by atoms with van der Waals surface area (Å²) in [5.41, 5.74) is -0.439. The largest absolute Gasteiger partial charge is 0.478 e. The first-order chi connectivity index (χ1) is 8.86. The standard InChI is InChI=1S/C12H13BrO6/c13-2-1-9(14)10(15)6-3-7(11(16)17)5-8(4-6)12(18)19/h3-5,9-10,14-15H,1-2H2,(H,16,17)(H,18,19). The van der Waals surface area contributed by atoms with E-state index in [0.29, 0.717) is 5.33 Å².